The average molecular weight is 448 g/mol. The van der Waals surface area contributed by atoms with E-state index in [1.165, 1.54) is 37.8 Å². The number of anilines is 2. The lowest BCUT2D eigenvalue weighted by molar-refractivity contribution is -0.170. The van der Waals surface area contributed by atoms with Crippen LogP contribution in [0.1, 0.15) is 5.56 Å². The van der Waals surface area contributed by atoms with Crippen molar-refractivity contribution in [3.8, 4) is 17.1 Å². The van der Waals surface area contributed by atoms with Gasteiger partial charge in [-0.05, 0) is 29.8 Å². The molecule has 8 nitrogen and oxygen atoms in total. The Balaban J connectivity index is 1.58. The van der Waals surface area contributed by atoms with E-state index in [1.807, 2.05) is 0 Å². The first-order chi connectivity index (χ1) is 15.2. The van der Waals surface area contributed by atoms with Crippen LogP contribution >= 0.6 is 0 Å². The zero-order chi connectivity index (χ0) is 23.3. The molecule has 32 heavy (non-hydrogen) atoms. The summed E-state index contributed by atoms with van der Waals surface area (Å²) in [6, 6.07) is 10.3. The molecule has 2 aromatic carbocycles. The van der Waals surface area contributed by atoms with Crippen LogP contribution in [0.2, 0.25) is 0 Å². The number of aromatic nitrogens is 1. The molecule has 11 heteroatoms. The van der Waals surface area contributed by atoms with Crippen molar-refractivity contribution in [1.29, 1.82) is 0 Å². The monoisotopic (exact) mass is 448 g/mol. The number of alkyl halides is 3. The number of urea groups is 1. The minimum atomic E-state index is -4.96. The average Bonchev–Trinajstić information content (AvgIpc) is 3.31. The van der Waals surface area contributed by atoms with Crippen LogP contribution in [0.15, 0.2) is 59.5 Å². The van der Waals surface area contributed by atoms with Gasteiger partial charge in [-0.2, -0.15) is 13.2 Å². The molecule has 168 valence electrons. The number of carbonyl (C=O) groups excluding carboxylic acids is 2. The molecule has 0 spiro atoms. The summed E-state index contributed by atoms with van der Waals surface area (Å²) in [7, 11) is 2.53. The number of rotatable bonds is 6. The lowest BCUT2D eigenvalue weighted by Crippen LogP contribution is -2.38. The second-order valence-electron chi connectivity index (χ2n) is 6.62. The van der Waals surface area contributed by atoms with Gasteiger partial charge in [0.1, 0.15) is 5.75 Å². The zero-order valence-electron chi connectivity index (χ0n) is 17.1. The molecular weight excluding hydrogens is 429 g/mol. The molecular formula is C21H19F3N4O4. The summed E-state index contributed by atoms with van der Waals surface area (Å²) in [5.74, 6) is -0.968. The highest BCUT2D eigenvalue weighted by Gasteiger charge is 2.41. The first-order valence-corrected chi connectivity index (χ1v) is 9.24. The van der Waals surface area contributed by atoms with E-state index in [2.05, 4.69) is 15.6 Å². The summed E-state index contributed by atoms with van der Waals surface area (Å²) in [4.78, 5) is 27.9. The summed E-state index contributed by atoms with van der Waals surface area (Å²) >= 11 is 0. The first-order valence-electron chi connectivity index (χ1n) is 9.24. The number of ether oxygens (including phenoxy) is 1. The number of benzene rings is 2. The van der Waals surface area contributed by atoms with Crippen LogP contribution in [0.25, 0.3) is 11.3 Å². The van der Waals surface area contributed by atoms with E-state index in [0.29, 0.717) is 33.2 Å². The molecule has 3 amide bonds. The van der Waals surface area contributed by atoms with Crippen LogP contribution in [0.5, 0.6) is 5.75 Å². The molecule has 0 atom stereocenters. The maximum absolute atomic E-state index is 12.5. The third-order valence-electron chi connectivity index (χ3n) is 4.48. The van der Waals surface area contributed by atoms with Gasteiger partial charge in [0.2, 0.25) is 0 Å². The number of methoxy groups -OCH3 is 1. The molecule has 0 aliphatic carbocycles. The van der Waals surface area contributed by atoms with Crippen LogP contribution in [0.3, 0.4) is 0 Å². The minimum Gasteiger partial charge on any atom is -0.496 e. The van der Waals surface area contributed by atoms with E-state index in [1.54, 1.807) is 24.4 Å². The maximum Gasteiger partial charge on any atom is 0.471 e. The number of nitrogens with zero attached hydrogens (tertiary/aromatic N) is 2. The van der Waals surface area contributed by atoms with Crippen molar-refractivity contribution in [2.24, 2.45) is 0 Å². The van der Waals surface area contributed by atoms with E-state index in [9.17, 15) is 22.8 Å². The first kappa shape index (κ1) is 22.7. The molecule has 0 saturated heterocycles. The topological polar surface area (TPSA) is 96.7 Å². The second kappa shape index (κ2) is 9.41. The third kappa shape index (κ3) is 5.36. The van der Waals surface area contributed by atoms with E-state index in [4.69, 9.17) is 9.15 Å². The number of carbonyl (C=O) groups is 2. The van der Waals surface area contributed by atoms with Crippen molar-refractivity contribution in [1.82, 2.24) is 10.3 Å². The van der Waals surface area contributed by atoms with Gasteiger partial charge in [-0.1, -0.05) is 12.1 Å². The van der Waals surface area contributed by atoms with Gasteiger partial charge in [-0.3, -0.25) is 4.79 Å². The van der Waals surface area contributed by atoms with E-state index < -0.39 is 18.1 Å². The van der Waals surface area contributed by atoms with Crippen molar-refractivity contribution in [3.63, 3.8) is 0 Å². The molecule has 3 aromatic rings. The van der Waals surface area contributed by atoms with Crippen molar-refractivity contribution in [2.45, 2.75) is 12.7 Å². The number of hydrogen-bond acceptors (Lipinski definition) is 5. The second-order valence-corrected chi connectivity index (χ2v) is 6.62. The molecule has 0 aliphatic rings. The molecule has 1 heterocycles. The molecule has 3 rings (SSSR count). The Morgan fingerprint density at radius 3 is 2.47 bits per heavy atom. The molecule has 0 fully saturated rings. The molecule has 2 N–H and O–H groups in total. The highest BCUT2D eigenvalue weighted by Crippen LogP contribution is 2.32. The van der Waals surface area contributed by atoms with Crippen molar-refractivity contribution in [3.05, 3.63) is 60.6 Å². The predicted molar refractivity (Wildman–Crippen MR) is 110 cm³/mol. The maximum atomic E-state index is 12.5. The molecule has 0 saturated carbocycles. The lowest BCUT2D eigenvalue weighted by atomic mass is 10.1. The van der Waals surface area contributed by atoms with Crippen LogP contribution in [-0.2, 0) is 11.3 Å². The van der Waals surface area contributed by atoms with Crippen LogP contribution in [0, 0.1) is 0 Å². The molecule has 0 aliphatic heterocycles. The molecule has 0 bridgehead atoms. The van der Waals surface area contributed by atoms with Crippen molar-refractivity contribution >= 4 is 23.3 Å². The highest BCUT2D eigenvalue weighted by molar-refractivity contribution is 5.96. The summed E-state index contributed by atoms with van der Waals surface area (Å²) in [6.45, 7) is 0.121. The van der Waals surface area contributed by atoms with Gasteiger partial charge >= 0.3 is 18.1 Å². The summed E-state index contributed by atoms with van der Waals surface area (Å²) < 4.78 is 48.2. The van der Waals surface area contributed by atoms with Crippen LogP contribution in [0.4, 0.5) is 29.3 Å². The Bertz CT molecular complexity index is 1080. The van der Waals surface area contributed by atoms with Gasteiger partial charge < -0.3 is 24.7 Å². The van der Waals surface area contributed by atoms with Crippen molar-refractivity contribution in [2.75, 3.05) is 24.4 Å². The predicted octanol–water partition coefficient (Wildman–Crippen LogP) is 4.20. The third-order valence-corrected chi connectivity index (χ3v) is 4.48. The van der Waals surface area contributed by atoms with Gasteiger partial charge in [0.25, 0.3) is 0 Å². The standard InChI is InChI=1S/C21H19F3N4O4/c1-28(19(29)21(22,23)24)15-6-3-13(4-7-15)10-26-20(30)27-14-5-8-16(17(9-14)31-2)18-11-25-12-32-18/h3-9,11-12H,10H2,1-2H3,(H2,26,27,30). The van der Waals surface area contributed by atoms with E-state index >= 15 is 0 Å². The smallest absolute Gasteiger partial charge is 0.471 e. The summed E-state index contributed by atoms with van der Waals surface area (Å²) in [6.07, 6.45) is -2.12. The van der Waals surface area contributed by atoms with Crippen LogP contribution in [-0.4, -0.2) is 37.3 Å². The molecule has 0 radical (unpaired) electrons. The fourth-order valence-corrected chi connectivity index (χ4v) is 2.82. The van der Waals surface area contributed by atoms with Gasteiger partial charge in [-0.15, -0.1) is 0 Å². The SMILES string of the molecule is COc1cc(NC(=O)NCc2ccc(N(C)C(=O)C(F)(F)F)cc2)ccc1-c1cnco1. The normalized spacial score (nSPS) is 11.0. The Kier molecular flexibility index (Phi) is 6.67. The largest absolute Gasteiger partial charge is 0.496 e. The van der Waals surface area contributed by atoms with Gasteiger partial charge in [0.05, 0.1) is 18.9 Å². The Morgan fingerprint density at radius 1 is 1.16 bits per heavy atom. The highest BCUT2D eigenvalue weighted by atomic mass is 19.4. The van der Waals surface area contributed by atoms with E-state index in [0.717, 1.165) is 7.05 Å². The van der Waals surface area contributed by atoms with Crippen molar-refractivity contribution < 1.29 is 31.9 Å². The Hall–Kier alpha value is -4.02. The quantitative estimate of drug-likeness (QED) is 0.589. The number of hydrogen-bond donors (Lipinski definition) is 2. The number of oxazole rings is 1. The van der Waals surface area contributed by atoms with Gasteiger partial charge in [0.15, 0.2) is 12.2 Å². The number of amides is 3. The molecule has 0 unspecified atom stereocenters. The Morgan fingerprint density at radius 2 is 1.88 bits per heavy atom. The fourth-order valence-electron chi connectivity index (χ4n) is 2.82. The number of nitrogens with one attached hydrogen (secondary N) is 2. The fraction of sp³-hybridized carbons (Fsp3) is 0.190. The lowest BCUT2D eigenvalue weighted by Gasteiger charge is -2.19. The summed E-state index contributed by atoms with van der Waals surface area (Å²) in [5, 5.41) is 5.31. The zero-order valence-corrected chi connectivity index (χ0v) is 17.1. The minimum absolute atomic E-state index is 0.0828. The number of halogens is 3. The van der Waals surface area contributed by atoms with Crippen LogP contribution < -0.4 is 20.3 Å². The molecule has 1 aromatic heterocycles. The van der Waals surface area contributed by atoms with Gasteiger partial charge in [-0.25, -0.2) is 9.78 Å². The Labute approximate surface area is 181 Å². The van der Waals surface area contributed by atoms with E-state index in [-0.39, 0.29) is 12.2 Å². The summed E-state index contributed by atoms with van der Waals surface area (Å²) in [5.41, 5.74) is 1.87. The van der Waals surface area contributed by atoms with Gasteiger partial charge in [0, 0.05) is 31.0 Å².